The van der Waals surface area contributed by atoms with Gasteiger partial charge in [-0.2, -0.15) is 26.3 Å². The molecule has 0 bridgehead atoms. The number of hydrogen-bond donors (Lipinski definition) is 0. The van der Waals surface area contributed by atoms with Gasteiger partial charge in [0, 0.05) is 6.20 Å². The molecule has 0 aliphatic rings. The van der Waals surface area contributed by atoms with E-state index in [1.807, 2.05) is 0 Å². The molecule has 0 radical (unpaired) electrons. The lowest BCUT2D eigenvalue weighted by Gasteiger charge is -2.06. The van der Waals surface area contributed by atoms with Gasteiger partial charge in [-0.1, -0.05) is 12.1 Å². The Morgan fingerprint density at radius 2 is 1.62 bits per heavy atom. The molecule has 0 aliphatic heterocycles. The number of nitrogens with zero attached hydrogens (tertiary/aromatic N) is 6. The molecule has 0 aliphatic carbocycles. The Balaban J connectivity index is 1.83. The highest BCUT2D eigenvalue weighted by Crippen LogP contribution is 2.33. The zero-order chi connectivity index (χ0) is 23.3. The Morgan fingerprint density at radius 1 is 0.938 bits per heavy atom. The molecule has 3 heterocycles. The van der Waals surface area contributed by atoms with Crippen molar-refractivity contribution in [2.45, 2.75) is 18.9 Å². The molecule has 0 saturated heterocycles. The van der Waals surface area contributed by atoms with E-state index in [0.29, 0.717) is 11.3 Å². The highest BCUT2D eigenvalue weighted by Gasteiger charge is 2.38. The van der Waals surface area contributed by atoms with Gasteiger partial charge in [0.15, 0.2) is 5.82 Å². The first-order valence-corrected chi connectivity index (χ1v) is 9.54. The summed E-state index contributed by atoms with van der Waals surface area (Å²) in [6.45, 7) is -0.107. The summed E-state index contributed by atoms with van der Waals surface area (Å²) < 4.78 is 86.1. The second kappa shape index (κ2) is 7.76. The van der Waals surface area contributed by atoms with Gasteiger partial charge in [0.05, 0.1) is 13.7 Å². The third-order valence-electron chi connectivity index (χ3n) is 4.36. The molecule has 14 heteroatoms. The molecule has 0 N–H and O–H groups in total. The predicted molar refractivity (Wildman–Crippen MR) is 102 cm³/mol. The number of rotatable bonds is 4. The molecule has 0 fully saturated rings. The van der Waals surface area contributed by atoms with Gasteiger partial charge in [0.2, 0.25) is 5.78 Å². The Hall–Kier alpha value is -3.16. The zero-order valence-corrected chi connectivity index (χ0v) is 17.5. The summed E-state index contributed by atoms with van der Waals surface area (Å²) in [6, 6.07) is 7.24. The Kier molecular flexibility index (Phi) is 5.35. The number of ether oxygens (including phenoxy) is 1. The maximum atomic E-state index is 13.3. The molecule has 0 saturated carbocycles. The van der Waals surface area contributed by atoms with Crippen LogP contribution in [-0.4, -0.2) is 36.2 Å². The number of benzene rings is 1. The standard InChI is InChI=1S/C18H11BrF6N6O/c1-32-10-4-2-9(3-5-10)8-31-14(28-15(29-31)18(23,24)25)12-13(19)30-7-6-11(17(20,21)22)26-16(30)27-12/h2-7H,8H2,1H3. The normalized spacial score (nSPS) is 12.5. The van der Waals surface area contributed by atoms with Gasteiger partial charge in [0.1, 0.15) is 21.7 Å². The van der Waals surface area contributed by atoms with Gasteiger partial charge in [0.25, 0.3) is 5.82 Å². The minimum absolute atomic E-state index is 0.0748. The molecule has 1 aromatic carbocycles. The fourth-order valence-corrected chi connectivity index (χ4v) is 3.40. The summed E-state index contributed by atoms with van der Waals surface area (Å²) in [7, 11) is 1.47. The van der Waals surface area contributed by atoms with Crippen LogP contribution in [0.25, 0.3) is 17.3 Å². The van der Waals surface area contributed by atoms with Crippen molar-refractivity contribution in [1.82, 2.24) is 29.1 Å². The SMILES string of the molecule is COc1ccc(Cn2nc(C(F)(F)F)nc2-c2nc3nc(C(F)(F)F)ccn3c2Br)cc1. The fraction of sp³-hybridized carbons (Fsp3) is 0.222. The lowest BCUT2D eigenvalue weighted by Crippen LogP contribution is -2.09. The average molecular weight is 521 g/mol. The van der Waals surface area contributed by atoms with Crippen molar-refractivity contribution < 1.29 is 31.1 Å². The number of imidazole rings is 1. The Labute approximate surface area is 183 Å². The molecular weight excluding hydrogens is 510 g/mol. The molecular formula is C18H11BrF6N6O. The van der Waals surface area contributed by atoms with Gasteiger partial charge in [-0.25, -0.2) is 19.6 Å². The number of hydrogen-bond acceptors (Lipinski definition) is 5. The first-order chi connectivity index (χ1) is 15.0. The maximum absolute atomic E-state index is 13.3. The van der Waals surface area contributed by atoms with Crippen LogP contribution in [0.4, 0.5) is 26.3 Å². The molecule has 0 atom stereocenters. The number of alkyl halides is 6. The first kappa shape index (κ1) is 22.0. The van der Waals surface area contributed by atoms with E-state index < -0.39 is 23.9 Å². The quantitative estimate of drug-likeness (QED) is 0.360. The second-order valence-corrected chi connectivity index (χ2v) is 7.25. The summed E-state index contributed by atoms with van der Waals surface area (Å²) in [5.74, 6) is -1.51. The van der Waals surface area contributed by atoms with Crippen LogP contribution in [-0.2, 0) is 18.9 Å². The number of methoxy groups -OCH3 is 1. The number of halogens is 7. The molecule has 168 valence electrons. The molecule has 0 spiro atoms. The smallest absolute Gasteiger partial charge is 0.453 e. The van der Waals surface area contributed by atoms with Crippen LogP contribution in [0.5, 0.6) is 5.75 Å². The third kappa shape index (κ3) is 4.13. The molecule has 4 aromatic rings. The van der Waals surface area contributed by atoms with Gasteiger partial charge < -0.3 is 4.74 Å². The van der Waals surface area contributed by atoms with Crippen molar-refractivity contribution in [1.29, 1.82) is 0 Å². The second-order valence-electron chi connectivity index (χ2n) is 6.49. The van der Waals surface area contributed by atoms with Crippen molar-refractivity contribution >= 4 is 21.7 Å². The van der Waals surface area contributed by atoms with Crippen molar-refractivity contribution in [3.8, 4) is 17.3 Å². The van der Waals surface area contributed by atoms with Gasteiger partial charge >= 0.3 is 12.4 Å². The van der Waals surface area contributed by atoms with Crippen LogP contribution in [0.15, 0.2) is 41.1 Å². The summed E-state index contributed by atoms with van der Waals surface area (Å²) >= 11 is 3.16. The summed E-state index contributed by atoms with van der Waals surface area (Å²) in [5, 5.41) is 3.54. The van der Waals surface area contributed by atoms with Crippen molar-refractivity contribution in [3.63, 3.8) is 0 Å². The van der Waals surface area contributed by atoms with Crippen LogP contribution in [0.3, 0.4) is 0 Å². The molecule has 7 nitrogen and oxygen atoms in total. The topological polar surface area (TPSA) is 70.1 Å². The molecule has 0 amide bonds. The molecule has 3 aromatic heterocycles. The van der Waals surface area contributed by atoms with Crippen LogP contribution in [0.1, 0.15) is 17.1 Å². The third-order valence-corrected chi connectivity index (χ3v) is 5.11. The van der Waals surface area contributed by atoms with Crippen LogP contribution < -0.4 is 4.74 Å². The van der Waals surface area contributed by atoms with Crippen LogP contribution >= 0.6 is 15.9 Å². The zero-order valence-electron chi connectivity index (χ0n) is 15.9. The van der Waals surface area contributed by atoms with Gasteiger partial charge in [-0.05, 0) is 39.7 Å². The van der Waals surface area contributed by atoms with Gasteiger partial charge in [-0.3, -0.25) is 4.40 Å². The van der Waals surface area contributed by atoms with E-state index in [-0.39, 0.29) is 28.4 Å². The molecule has 4 rings (SSSR count). The predicted octanol–water partition coefficient (Wildman–Crippen LogP) is 4.84. The summed E-state index contributed by atoms with van der Waals surface area (Å²) in [4.78, 5) is 11.0. The minimum atomic E-state index is -4.84. The first-order valence-electron chi connectivity index (χ1n) is 8.74. The van der Waals surface area contributed by atoms with Crippen molar-refractivity contribution in [2.75, 3.05) is 7.11 Å². The van der Waals surface area contributed by atoms with Crippen molar-refractivity contribution in [2.24, 2.45) is 0 Å². The van der Waals surface area contributed by atoms with E-state index in [9.17, 15) is 26.3 Å². The van der Waals surface area contributed by atoms with E-state index in [0.717, 1.165) is 21.3 Å². The lowest BCUT2D eigenvalue weighted by atomic mass is 10.2. The molecule has 0 unspecified atom stereocenters. The Morgan fingerprint density at radius 3 is 2.22 bits per heavy atom. The van der Waals surface area contributed by atoms with E-state index in [1.54, 1.807) is 24.3 Å². The minimum Gasteiger partial charge on any atom is -0.497 e. The number of fused-ring (bicyclic) bond motifs is 1. The van der Waals surface area contributed by atoms with Gasteiger partial charge in [-0.15, -0.1) is 5.10 Å². The Bertz CT molecular complexity index is 1280. The monoisotopic (exact) mass is 520 g/mol. The van der Waals surface area contributed by atoms with E-state index >= 15 is 0 Å². The molecule has 32 heavy (non-hydrogen) atoms. The largest absolute Gasteiger partial charge is 0.497 e. The lowest BCUT2D eigenvalue weighted by molar-refractivity contribution is -0.145. The van der Waals surface area contributed by atoms with Crippen LogP contribution in [0, 0.1) is 0 Å². The van der Waals surface area contributed by atoms with E-state index in [2.05, 4.69) is 36.0 Å². The van der Waals surface area contributed by atoms with E-state index in [4.69, 9.17) is 4.74 Å². The van der Waals surface area contributed by atoms with Crippen LogP contribution in [0.2, 0.25) is 0 Å². The highest BCUT2D eigenvalue weighted by atomic mass is 79.9. The summed E-state index contributed by atoms with van der Waals surface area (Å²) in [5.41, 5.74) is -0.749. The fourth-order valence-electron chi connectivity index (χ4n) is 2.85. The highest BCUT2D eigenvalue weighted by molar-refractivity contribution is 9.10. The maximum Gasteiger partial charge on any atom is 0.453 e. The van der Waals surface area contributed by atoms with E-state index in [1.165, 1.54) is 7.11 Å². The number of aromatic nitrogens is 6. The van der Waals surface area contributed by atoms with Crippen molar-refractivity contribution in [3.05, 3.63) is 58.2 Å². The average Bonchev–Trinajstić information content (AvgIpc) is 3.28. The summed E-state index contributed by atoms with van der Waals surface area (Å²) in [6.07, 6.45) is -8.49.